The molecular weight excluding hydrogens is 346 g/mol. The van der Waals surface area contributed by atoms with Gasteiger partial charge in [0.2, 0.25) is 11.9 Å². The molecule has 7 heteroatoms. The molecule has 0 saturated carbocycles. The van der Waals surface area contributed by atoms with Crippen molar-refractivity contribution < 1.29 is 4.79 Å². The van der Waals surface area contributed by atoms with Crippen molar-refractivity contribution in [3.8, 4) is 0 Å². The Bertz CT molecular complexity index is 725. The first-order valence-corrected chi connectivity index (χ1v) is 10.1. The zero-order valence-corrected chi connectivity index (χ0v) is 16.6. The number of carbonyl (C=O) groups excluding carboxylic acids is 1. The third-order valence-corrected chi connectivity index (χ3v) is 5.49. The number of rotatable bonds is 5. The van der Waals surface area contributed by atoms with Gasteiger partial charge in [0.05, 0.1) is 16.6 Å². The first-order valence-electron chi connectivity index (χ1n) is 9.18. The molecule has 1 N–H and O–H groups in total. The summed E-state index contributed by atoms with van der Waals surface area (Å²) in [7, 11) is 0. The molecule has 0 spiro atoms. The van der Waals surface area contributed by atoms with Crippen molar-refractivity contribution in [2.24, 2.45) is 5.92 Å². The van der Waals surface area contributed by atoms with Gasteiger partial charge < -0.3 is 10.2 Å². The normalized spacial score (nSPS) is 18.0. The lowest BCUT2D eigenvalue weighted by molar-refractivity contribution is -0.125. The largest absolute Gasteiger partial charge is 0.355 e. The number of anilines is 1. The predicted octanol–water partition coefficient (Wildman–Crippen LogP) is 2.81. The van der Waals surface area contributed by atoms with Crippen LogP contribution in [0.4, 0.5) is 5.95 Å². The van der Waals surface area contributed by atoms with Gasteiger partial charge in [-0.1, -0.05) is 20.8 Å². The second-order valence-corrected chi connectivity index (χ2v) is 8.69. The highest BCUT2D eigenvalue weighted by Gasteiger charge is 2.26. The van der Waals surface area contributed by atoms with E-state index in [1.807, 2.05) is 0 Å². The molecule has 1 amide bonds. The van der Waals surface area contributed by atoms with Crippen LogP contribution >= 0.6 is 11.3 Å². The van der Waals surface area contributed by atoms with Crippen LogP contribution in [0.15, 0.2) is 23.8 Å². The van der Waals surface area contributed by atoms with Crippen LogP contribution in [0.25, 0.3) is 0 Å². The first kappa shape index (κ1) is 18.8. The summed E-state index contributed by atoms with van der Waals surface area (Å²) in [5, 5.41) is 6.28. The van der Waals surface area contributed by atoms with Crippen LogP contribution in [0.1, 0.15) is 44.3 Å². The minimum absolute atomic E-state index is 0.00557. The molecule has 140 valence electrons. The lowest BCUT2D eigenvalue weighted by Crippen LogP contribution is -2.44. The maximum absolute atomic E-state index is 12.5. The van der Waals surface area contributed by atoms with Crippen molar-refractivity contribution in [1.29, 1.82) is 0 Å². The summed E-state index contributed by atoms with van der Waals surface area (Å²) in [5.41, 5.74) is 1.19. The van der Waals surface area contributed by atoms with Crippen molar-refractivity contribution in [2.75, 3.05) is 24.5 Å². The summed E-state index contributed by atoms with van der Waals surface area (Å²) < 4.78 is 0. The fourth-order valence-electron chi connectivity index (χ4n) is 3.03. The molecular formula is C19H27N5OS. The van der Waals surface area contributed by atoms with Crippen LogP contribution < -0.4 is 10.2 Å². The number of nitrogens with zero attached hydrogens (tertiary/aromatic N) is 4. The predicted molar refractivity (Wildman–Crippen MR) is 104 cm³/mol. The Morgan fingerprint density at radius 2 is 2.12 bits per heavy atom. The van der Waals surface area contributed by atoms with Crippen molar-refractivity contribution in [2.45, 2.75) is 45.4 Å². The van der Waals surface area contributed by atoms with E-state index in [1.165, 1.54) is 0 Å². The number of hydrogen-bond acceptors (Lipinski definition) is 6. The lowest BCUT2D eigenvalue weighted by atomic mass is 9.93. The second-order valence-electron chi connectivity index (χ2n) is 7.75. The van der Waals surface area contributed by atoms with Crippen molar-refractivity contribution in [3.63, 3.8) is 0 Å². The Balaban J connectivity index is 1.48. The zero-order chi connectivity index (χ0) is 18.6. The average molecular weight is 374 g/mol. The number of aromatic nitrogens is 3. The Morgan fingerprint density at radius 3 is 2.81 bits per heavy atom. The molecule has 0 aromatic carbocycles. The van der Waals surface area contributed by atoms with Gasteiger partial charge in [-0.3, -0.25) is 4.79 Å². The van der Waals surface area contributed by atoms with Gasteiger partial charge in [0.1, 0.15) is 0 Å². The number of carbonyl (C=O) groups is 1. The van der Waals surface area contributed by atoms with E-state index in [2.05, 4.69) is 51.3 Å². The molecule has 1 saturated heterocycles. The minimum atomic E-state index is -0.00557. The van der Waals surface area contributed by atoms with Crippen LogP contribution in [0, 0.1) is 5.92 Å². The molecule has 1 fully saturated rings. The smallest absolute Gasteiger partial charge is 0.225 e. The summed E-state index contributed by atoms with van der Waals surface area (Å²) in [6.07, 6.45) is 6.17. The van der Waals surface area contributed by atoms with Gasteiger partial charge in [0.25, 0.3) is 0 Å². The summed E-state index contributed by atoms with van der Waals surface area (Å²) >= 11 is 1.67. The van der Waals surface area contributed by atoms with Crippen LogP contribution in [0.2, 0.25) is 0 Å². The van der Waals surface area contributed by atoms with Crippen molar-refractivity contribution in [1.82, 2.24) is 20.3 Å². The van der Waals surface area contributed by atoms with Crippen LogP contribution in [0.5, 0.6) is 0 Å². The Morgan fingerprint density at radius 1 is 1.35 bits per heavy atom. The highest BCUT2D eigenvalue weighted by atomic mass is 32.1. The molecule has 0 aliphatic carbocycles. The van der Waals surface area contributed by atoms with E-state index in [9.17, 15) is 4.79 Å². The molecule has 1 aliphatic rings. The van der Waals surface area contributed by atoms with Gasteiger partial charge in [0, 0.05) is 49.2 Å². The number of hydrogen-bond donors (Lipinski definition) is 1. The molecule has 0 radical (unpaired) electrons. The molecule has 1 aliphatic heterocycles. The lowest BCUT2D eigenvalue weighted by Gasteiger charge is -2.31. The van der Waals surface area contributed by atoms with Gasteiger partial charge in [-0.2, -0.15) is 0 Å². The van der Waals surface area contributed by atoms with Crippen LogP contribution in [-0.4, -0.2) is 40.5 Å². The number of amides is 1. The maximum Gasteiger partial charge on any atom is 0.225 e. The average Bonchev–Trinajstić information content (AvgIpc) is 3.12. The zero-order valence-electron chi connectivity index (χ0n) is 15.7. The highest BCUT2D eigenvalue weighted by molar-refractivity contribution is 7.09. The van der Waals surface area contributed by atoms with E-state index >= 15 is 0 Å². The quantitative estimate of drug-likeness (QED) is 0.873. The molecule has 26 heavy (non-hydrogen) atoms. The molecule has 3 heterocycles. The molecule has 0 bridgehead atoms. The first-order chi connectivity index (χ1) is 12.4. The third kappa shape index (κ3) is 4.78. The monoisotopic (exact) mass is 373 g/mol. The third-order valence-electron chi connectivity index (χ3n) is 4.59. The number of thiazole rings is 1. The summed E-state index contributed by atoms with van der Waals surface area (Å²) in [6, 6.07) is 1.81. The van der Waals surface area contributed by atoms with E-state index in [1.54, 1.807) is 29.8 Å². The Labute approximate surface area is 159 Å². The SMILES string of the molecule is CC(C)(C)c1csc(CCNC(=O)[C@@H]2CCCN(c3ncccn3)C2)n1. The van der Waals surface area contributed by atoms with Gasteiger partial charge in [-0.05, 0) is 18.9 Å². The molecule has 3 rings (SSSR count). The Hall–Kier alpha value is -2.02. The number of piperidine rings is 1. The van der Waals surface area contributed by atoms with E-state index in [4.69, 9.17) is 0 Å². The van der Waals surface area contributed by atoms with E-state index in [-0.39, 0.29) is 17.2 Å². The van der Waals surface area contributed by atoms with Gasteiger partial charge in [0.15, 0.2) is 0 Å². The molecule has 2 aromatic heterocycles. The Kier molecular flexibility index (Phi) is 5.86. The summed E-state index contributed by atoms with van der Waals surface area (Å²) in [6.45, 7) is 8.72. The molecule has 6 nitrogen and oxygen atoms in total. The standard InChI is InChI=1S/C19H27N5OS/c1-19(2,3)15-13-26-16(23-15)7-10-20-17(25)14-6-4-11-24(12-14)18-21-8-5-9-22-18/h5,8-9,13-14H,4,6-7,10-12H2,1-3H3,(H,20,25)/t14-/m1/s1. The highest BCUT2D eigenvalue weighted by Crippen LogP contribution is 2.24. The number of nitrogens with one attached hydrogen (secondary N) is 1. The van der Waals surface area contributed by atoms with Crippen molar-refractivity contribution >= 4 is 23.2 Å². The second kappa shape index (κ2) is 8.12. The van der Waals surface area contributed by atoms with Crippen LogP contribution in [0.3, 0.4) is 0 Å². The molecule has 0 unspecified atom stereocenters. The molecule has 1 atom stereocenters. The van der Waals surface area contributed by atoms with Crippen LogP contribution in [-0.2, 0) is 16.6 Å². The summed E-state index contributed by atoms with van der Waals surface area (Å²) in [4.78, 5) is 27.9. The van der Waals surface area contributed by atoms with Gasteiger partial charge >= 0.3 is 0 Å². The van der Waals surface area contributed by atoms with E-state index < -0.39 is 0 Å². The fraction of sp³-hybridized carbons (Fsp3) is 0.579. The van der Waals surface area contributed by atoms with Crippen molar-refractivity contribution in [3.05, 3.63) is 34.5 Å². The van der Waals surface area contributed by atoms with Gasteiger partial charge in [-0.15, -0.1) is 11.3 Å². The topological polar surface area (TPSA) is 71.0 Å². The molecule has 2 aromatic rings. The van der Waals surface area contributed by atoms with E-state index in [0.29, 0.717) is 19.0 Å². The maximum atomic E-state index is 12.5. The van der Waals surface area contributed by atoms with Gasteiger partial charge in [-0.25, -0.2) is 15.0 Å². The minimum Gasteiger partial charge on any atom is -0.355 e. The summed E-state index contributed by atoms with van der Waals surface area (Å²) in [5.74, 6) is 0.828. The fourth-order valence-corrected chi connectivity index (χ4v) is 4.06. The van der Waals surface area contributed by atoms with E-state index in [0.717, 1.165) is 36.5 Å².